The van der Waals surface area contributed by atoms with Gasteiger partial charge in [-0.05, 0) is 49.8 Å². The van der Waals surface area contributed by atoms with E-state index >= 15 is 0 Å². The van der Waals surface area contributed by atoms with Gasteiger partial charge >= 0.3 is 6.18 Å². The van der Waals surface area contributed by atoms with Crippen molar-refractivity contribution in [3.05, 3.63) is 47.8 Å². The number of hydrogen-bond donors (Lipinski definition) is 4. The van der Waals surface area contributed by atoms with Crippen LogP contribution < -0.4 is 26.0 Å². The van der Waals surface area contributed by atoms with Gasteiger partial charge in [0.2, 0.25) is 17.7 Å². The Balaban J connectivity index is 1.70. The Labute approximate surface area is 241 Å². The molecule has 230 valence electrons. The average Bonchev–Trinajstić information content (AvgIpc) is 3.42. The van der Waals surface area contributed by atoms with Crippen LogP contribution in [-0.4, -0.2) is 65.2 Å². The molecular formula is C28H37F3N6O5. The van der Waals surface area contributed by atoms with Gasteiger partial charge in [0.25, 0.3) is 5.91 Å². The fourth-order valence-corrected chi connectivity index (χ4v) is 4.33. The Morgan fingerprint density at radius 3 is 2.64 bits per heavy atom. The maximum Gasteiger partial charge on any atom is 0.435 e. The Morgan fingerprint density at radius 2 is 1.93 bits per heavy atom. The van der Waals surface area contributed by atoms with Crippen molar-refractivity contribution in [2.45, 2.75) is 70.8 Å². The third-order valence-electron chi connectivity index (χ3n) is 6.44. The number of halogens is 3. The second-order valence-electron chi connectivity index (χ2n) is 10.4. The predicted molar refractivity (Wildman–Crippen MR) is 146 cm³/mol. The zero-order valence-corrected chi connectivity index (χ0v) is 23.6. The first-order chi connectivity index (χ1) is 19.9. The number of carbonyl (C=O) groups excluding carboxylic acids is 4. The third kappa shape index (κ3) is 10.1. The van der Waals surface area contributed by atoms with Crippen LogP contribution in [0.25, 0.3) is 0 Å². The van der Waals surface area contributed by atoms with Crippen LogP contribution in [0, 0.1) is 5.92 Å². The number of nitrogens with zero attached hydrogens (tertiary/aromatic N) is 2. The summed E-state index contributed by atoms with van der Waals surface area (Å²) in [6, 6.07) is 5.53. The lowest BCUT2D eigenvalue weighted by molar-refractivity contribution is -0.141. The number of nitrogens with one attached hydrogen (secondary N) is 4. The number of hydrogen-bond acceptors (Lipinski definition) is 6. The minimum absolute atomic E-state index is 0.0590. The molecule has 0 bridgehead atoms. The van der Waals surface area contributed by atoms with E-state index in [1.54, 1.807) is 24.3 Å². The number of para-hydroxylation sites is 1. The number of carbonyl (C=O) groups is 4. The van der Waals surface area contributed by atoms with E-state index in [4.69, 9.17) is 4.74 Å². The highest BCUT2D eigenvalue weighted by Crippen LogP contribution is 2.27. The molecule has 1 aromatic carbocycles. The van der Waals surface area contributed by atoms with Gasteiger partial charge in [-0.2, -0.15) is 18.3 Å². The fourth-order valence-electron chi connectivity index (χ4n) is 4.33. The van der Waals surface area contributed by atoms with Gasteiger partial charge in [-0.15, -0.1) is 0 Å². The van der Waals surface area contributed by atoms with Crippen LogP contribution in [0.1, 0.15) is 62.0 Å². The first kappa shape index (κ1) is 32.4. The summed E-state index contributed by atoms with van der Waals surface area (Å²) in [4.78, 5) is 51.8. The van der Waals surface area contributed by atoms with Crippen LogP contribution in [0.15, 0.2) is 36.5 Å². The molecule has 4 N–H and O–H groups in total. The molecule has 1 aromatic heterocycles. The lowest BCUT2D eigenvalue weighted by Crippen LogP contribution is -2.49. The van der Waals surface area contributed by atoms with Gasteiger partial charge in [-0.25, -0.2) is 0 Å². The molecule has 2 atom stereocenters. The zero-order chi connectivity index (χ0) is 30.7. The molecule has 0 unspecified atom stereocenters. The largest absolute Gasteiger partial charge is 0.493 e. The van der Waals surface area contributed by atoms with Crippen LogP contribution >= 0.6 is 0 Å². The molecular weight excluding hydrogens is 557 g/mol. The van der Waals surface area contributed by atoms with Gasteiger partial charge in [0.15, 0.2) is 5.69 Å². The molecule has 0 aliphatic carbocycles. The molecule has 0 fully saturated rings. The summed E-state index contributed by atoms with van der Waals surface area (Å²) in [7, 11) is 0. The van der Waals surface area contributed by atoms with Crippen molar-refractivity contribution in [1.29, 1.82) is 0 Å². The fraction of sp³-hybridized carbons (Fsp3) is 0.536. The smallest absolute Gasteiger partial charge is 0.435 e. The summed E-state index contributed by atoms with van der Waals surface area (Å²) >= 11 is 0. The molecule has 0 radical (unpaired) electrons. The molecule has 3 rings (SSSR count). The minimum Gasteiger partial charge on any atom is -0.493 e. The number of aromatic nitrogens is 2. The standard InChI is InChI=1S/C28H37F3N6O5/c1-18(2)17-21-27(41)33-13-6-16-42-22-8-4-3-7-19(22)25(39)35-20(9-10-24(38)34-21)26(40)32-12-5-14-37-15-11-23(36-37)28(29,30)31/h3-4,7-8,11,15,18,20-21H,5-6,9-10,12-14,16-17H2,1-2H3,(H,32,40)(H,33,41)(H,34,38)(H,35,39)/t20-,21+/m0/s1. The van der Waals surface area contributed by atoms with Crippen LogP contribution in [0.3, 0.4) is 0 Å². The van der Waals surface area contributed by atoms with E-state index in [0.717, 1.165) is 10.7 Å². The van der Waals surface area contributed by atoms with Crippen molar-refractivity contribution in [2.24, 2.45) is 5.92 Å². The Morgan fingerprint density at radius 1 is 1.17 bits per heavy atom. The van der Waals surface area contributed by atoms with E-state index in [2.05, 4.69) is 26.4 Å². The summed E-state index contributed by atoms with van der Waals surface area (Å²) in [5.41, 5.74) is -0.803. The highest BCUT2D eigenvalue weighted by atomic mass is 19.4. The maximum absolute atomic E-state index is 13.2. The van der Waals surface area contributed by atoms with E-state index in [1.165, 1.54) is 6.20 Å². The van der Waals surface area contributed by atoms with Crippen LogP contribution in [-0.2, 0) is 27.1 Å². The van der Waals surface area contributed by atoms with Crippen molar-refractivity contribution in [2.75, 3.05) is 19.7 Å². The van der Waals surface area contributed by atoms with Gasteiger partial charge in [-0.3, -0.25) is 23.9 Å². The lowest BCUT2D eigenvalue weighted by atomic mass is 10.0. The topological polar surface area (TPSA) is 143 Å². The van der Waals surface area contributed by atoms with Gasteiger partial charge in [-0.1, -0.05) is 26.0 Å². The van der Waals surface area contributed by atoms with Crippen LogP contribution in [0.2, 0.25) is 0 Å². The van der Waals surface area contributed by atoms with Crippen LogP contribution in [0.5, 0.6) is 5.75 Å². The van der Waals surface area contributed by atoms with E-state index in [-0.39, 0.29) is 56.3 Å². The van der Waals surface area contributed by atoms with Crippen molar-refractivity contribution in [3.8, 4) is 5.75 Å². The molecule has 14 heteroatoms. The molecule has 11 nitrogen and oxygen atoms in total. The Bertz CT molecular complexity index is 1230. The molecule has 1 aliphatic rings. The van der Waals surface area contributed by atoms with Crippen molar-refractivity contribution < 1.29 is 37.1 Å². The van der Waals surface area contributed by atoms with E-state index in [0.29, 0.717) is 25.1 Å². The number of benzene rings is 1. The molecule has 4 amide bonds. The summed E-state index contributed by atoms with van der Waals surface area (Å²) < 4.78 is 45.2. The third-order valence-corrected chi connectivity index (χ3v) is 6.44. The van der Waals surface area contributed by atoms with Gasteiger partial charge in [0, 0.05) is 32.3 Å². The summed E-state index contributed by atoms with van der Waals surface area (Å²) in [6.45, 7) is 4.62. The first-order valence-electron chi connectivity index (χ1n) is 13.9. The highest BCUT2D eigenvalue weighted by Gasteiger charge is 2.33. The molecule has 2 aromatic rings. The predicted octanol–water partition coefficient (Wildman–Crippen LogP) is 2.42. The zero-order valence-electron chi connectivity index (χ0n) is 23.6. The SMILES string of the molecule is CC(C)C[C@H]1NC(=O)CC[C@@H](C(=O)NCCCn2ccc(C(F)(F)F)n2)NC(=O)c2ccccc2OCCCNC1=O. The number of amides is 4. The quantitative estimate of drug-likeness (QED) is 0.363. The van der Waals surface area contributed by atoms with Crippen LogP contribution in [0.4, 0.5) is 13.2 Å². The monoisotopic (exact) mass is 594 g/mol. The second kappa shape index (κ2) is 15.2. The average molecular weight is 595 g/mol. The second-order valence-corrected chi connectivity index (χ2v) is 10.4. The number of aryl methyl sites for hydroxylation is 1. The Hall–Kier alpha value is -4.10. The van der Waals surface area contributed by atoms with Crippen molar-refractivity contribution in [3.63, 3.8) is 0 Å². The lowest BCUT2D eigenvalue weighted by Gasteiger charge is -2.22. The van der Waals surface area contributed by atoms with Gasteiger partial charge in [0.1, 0.15) is 17.8 Å². The van der Waals surface area contributed by atoms with Crippen molar-refractivity contribution >= 4 is 23.6 Å². The van der Waals surface area contributed by atoms with Gasteiger partial charge < -0.3 is 26.0 Å². The number of rotatable bonds is 7. The normalized spacial score (nSPS) is 19.2. The molecule has 2 heterocycles. The first-order valence-corrected chi connectivity index (χ1v) is 13.9. The minimum atomic E-state index is -4.55. The highest BCUT2D eigenvalue weighted by molar-refractivity contribution is 5.99. The molecule has 0 spiro atoms. The molecule has 42 heavy (non-hydrogen) atoms. The number of ether oxygens (including phenoxy) is 1. The maximum atomic E-state index is 13.2. The van der Waals surface area contributed by atoms with E-state index in [1.807, 2.05) is 13.8 Å². The molecule has 1 aliphatic heterocycles. The van der Waals surface area contributed by atoms with Crippen molar-refractivity contribution in [1.82, 2.24) is 31.0 Å². The van der Waals surface area contributed by atoms with E-state index < -0.39 is 41.7 Å². The number of fused-ring (bicyclic) bond motifs is 1. The summed E-state index contributed by atoms with van der Waals surface area (Å²) in [5.74, 6) is -1.46. The summed E-state index contributed by atoms with van der Waals surface area (Å²) in [5, 5.41) is 14.4. The number of alkyl halides is 3. The molecule has 0 saturated carbocycles. The van der Waals surface area contributed by atoms with Gasteiger partial charge in [0.05, 0.1) is 12.2 Å². The summed E-state index contributed by atoms with van der Waals surface area (Å²) in [6.07, 6.45) is -2.39. The Kier molecular flexibility index (Phi) is 11.7. The molecule has 0 saturated heterocycles. The van der Waals surface area contributed by atoms with E-state index in [9.17, 15) is 32.3 Å².